The highest BCUT2D eigenvalue weighted by Gasteiger charge is 2.04. The van der Waals surface area contributed by atoms with Gasteiger partial charge in [0.1, 0.15) is 5.75 Å². The molecule has 0 saturated carbocycles. The lowest BCUT2D eigenvalue weighted by molar-refractivity contribution is 0.317. The minimum Gasteiger partial charge on any atom is -0.494 e. The normalized spacial score (nSPS) is 10.3. The largest absolute Gasteiger partial charge is 0.494 e. The maximum absolute atomic E-state index is 5.48. The van der Waals surface area contributed by atoms with Crippen molar-refractivity contribution in [1.29, 1.82) is 0 Å². The number of nitrogen functional groups attached to an aromatic ring is 1. The van der Waals surface area contributed by atoms with Gasteiger partial charge in [0, 0.05) is 11.6 Å². The van der Waals surface area contributed by atoms with Crippen molar-refractivity contribution in [2.45, 2.75) is 13.3 Å². The number of nitrogens with zero attached hydrogens (tertiary/aromatic N) is 1. The van der Waals surface area contributed by atoms with Crippen molar-refractivity contribution in [3.05, 3.63) is 30.3 Å². The molecule has 0 spiro atoms. The Morgan fingerprint density at radius 2 is 2.06 bits per heavy atom. The van der Waals surface area contributed by atoms with E-state index in [-0.39, 0.29) is 0 Å². The van der Waals surface area contributed by atoms with Crippen LogP contribution in [-0.2, 0) is 0 Å². The number of anilines is 1. The van der Waals surface area contributed by atoms with Gasteiger partial charge in [0.05, 0.1) is 6.61 Å². The summed E-state index contributed by atoms with van der Waals surface area (Å²) in [6.45, 7) is 2.81. The smallest absolute Gasteiger partial charge is 0.169 e. The fourth-order valence-corrected chi connectivity index (χ4v) is 1.36. The minimum atomic E-state index is 0.390. The third-order valence-corrected chi connectivity index (χ3v) is 2.14. The number of nitrogens with two attached hydrogens (primary N) is 1. The predicted molar refractivity (Wildman–Crippen MR) is 62.1 cm³/mol. The van der Waals surface area contributed by atoms with Crippen LogP contribution in [0.5, 0.6) is 5.75 Å². The second-order valence-electron chi connectivity index (χ2n) is 3.49. The molecule has 16 heavy (non-hydrogen) atoms. The summed E-state index contributed by atoms with van der Waals surface area (Å²) in [5.74, 6) is 1.92. The van der Waals surface area contributed by atoms with Crippen LogP contribution in [0.4, 0.5) is 5.82 Å². The van der Waals surface area contributed by atoms with E-state index in [2.05, 4.69) is 12.1 Å². The van der Waals surface area contributed by atoms with Crippen molar-refractivity contribution in [2.24, 2.45) is 0 Å². The van der Waals surface area contributed by atoms with E-state index in [0.29, 0.717) is 11.6 Å². The molecular formula is C12H14N2O2. The summed E-state index contributed by atoms with van der Waals surface area (Å²) in [6.07, 6.45) is 1.00. The lowest BCUT2D eigenvalue weighted by Gasteiger charge is -2.04. The molecule has 0 saturated heterocycles. The molecule has 0 aliphatic heterocycles. The van der Waals surface area contributed by atoms with E-state index in [1.54, 1.807) is 6.07 Å². The molecule has 4 heteroatoms. The Bertz CT molecular complexity index is 448. The summed E-state index contributed by atoms with van der Waals surface area (Å²) < 4.78 is 10.5. The van der Waals surface area contributed by atoms with Crippen LogP contribution in [-0.4, -0.2) is 11.8 Å². The summed E-state index contributed by atoms with van der Waals surface area (Å²) in [5, 5.41) is 3.64. The zero-order valence-corrected chi connectivity index (χ0v) is 9.14. The van der Waals surface area contributed by atoms with Crippen LogP contribution in [0.3, 0.4) is 0 Å². The van der Waals surface area contributed by atoms with Crippen LogP contribution in [0.1, 0.15) is 13.3 Å². The zero-order valence-electron chi connectivity index (χ0n) is 9.14. The molecule has 0 fully saturated rings. The van der Waals surface area contributed by atoms with E-state index in [0.717, 1.165) is 24.3 Å². The van der Waals surface area contributed by atoms with Gasteiger partial charge in [0.15, 0.2) is 11.6 Å². The molecule has 0 radical (unpaired) electrons. The Hall–Kier alpha value is -1.97. The van der Waals surface area contributed by atoms with Gasteiger partial charge in [-0.15, -0.1) is 0 Å². The summed E-state index contributed by atoms with van der Waals surface area (Å²) in [5.41, 5.74) is 6.42. The van der Waals surface area contributed by atoms with Crippen molar-refractivity contribution >= 4 is 5.82 Å². The van der Waals surface area contributed by atoms with Crippen molar-refractivity contribution < 1.29 is 9.26 Å². The van der Waals surface area contributed by atoms with Crippen LogP contribution >= 0.6 is 0 Å². The molecule has 1 heterocycles. The van der Waals surface area contributed by atoms with Gasteiger partial charge in [-0.2, -0.15) is 0 Å². The van der Waals surface area contributed by atoms with Crippen molar-refractivity contribution in [1.82, 2.24) is 5.16 Å². The van der Waals surface area contributed by atoms with Gasteiger partial charge in [0.25, 0.3) is 0 Å². The molecule has 2 aromatic rings. The Morgan fingerprint density at radius 1 is 1.31 bits per heavy atom. The minimum absolute atomic E-state index is 0.390. The first-order valence-corrected chi connectivity index (χ1v) is 5.25. The van der Waals surface area contributed by atoms with E-state index >= 15 is 0 Å². The van der Waals surface area contributed by atoms with Gasteiger partial charge in [-0.05, 0) is 30.7 Å². The first kappa shape index (κ1) is 10.5. The van der Waals surface area contributed by atoms with Gasteiger partial charge >= 0.3 is 0 Å². The van der Waals surface area contributed by atoms with Crippen molar-refractivity contribution in [3.8, 4) is 17.1 Å². The van der Waals surface area contributed by atoms with Gasteiger partial charge in [-0.1, -0.05) is 12.1 Å². The fraction of sp³-hybridized carbons (Fsp3) is 0.250. The number of benzene rings is 1. The monoisotopic (exact) mass is 218 g/mol. The van der Waals surface area contributed by atoms with Crippen LogP contribution in [0, 0.1) is 0 Å². The van der Waals surface area contributed by atoms with Gasteiger partial charge in [-0.3, -0.25) is 0 Å². The number of ether oxygens (including phenoxy) is 1. The molecule has 0 bridgehead atoms. The number of rotatable bonds is 4. The molecule has 1 aromatic carbocycles. The average molecular weight is 218 g/mol. The molecule has 1 aromatic heterocycles. The maximum atomic E-state index is 5.48. The summed E-state index contributed by atoms with van der Waals surface area (Å²) >= 11 is 0. The Labute approximate surface area is 94.0 Å². The molecule has 2 N–H and O–H groups in total. The second-order valence-corrected chi connectivity index (χ2v) is 3.49. The van der Waals surface area contributed by atoms with E-state index in [4.69, 9.17) is 15.0 Å². The highest BCUT2D eigenvalue weighted by Crippen LogP contribution is 2.23. The standard InChI is InChI=1S/C12H14N2O2/c1-2-7-15-10-5-3-9(4-6-10)11-8-12(13)14-16-11/h3-6,8H,2,7H2,1H3,(H2,13,14). The molecule has 4 nitrogen and oxygen atoms in total. The number of hydrogen-bond donors (Lipinski definition) is 1. The molecule has 2 rings (SSSR count). The van der Waals surface area contributed by atoms with Crippen LogP contribution in [0.15, 0.2) is 34.9 Å². The van der Waals surface area contributed by atoms with Gasteiger partial charge in [0.2, 0.25) is 0 Å². The molecular weight excluding hydrogens is 204 g/mol. The first-order valence-electron chi connectivity index (χ1n) is 5.25. The SMILES string of the molecule is CCCOc1ccc(-c2cc(N)no2)cc1. The quantitative estimate of drug-likeness (QED) is 0.857. The predicted octanol–water partition coefficient (Wildman–Crippen LogP) is 2.71. The highest BCUT2D eigenvalue weighted by molar-refractivity contribution is 5.60. The molecule has 84 valence electrons. The van der Waals surface area contributed by atoms with Crippen LogP contribution in [0.2, 0.25) is 0 Å². The first-order chi connectivity index (χ1) is 7.79. The summed E-state index contributed by atoms with van der Waals surface area (Å²) in [6, 6.07) is 9.35. The lowest BCUT2D eigenvalue weighted by atomic mass is 10.2. The second kappa shape index (κ2) is 4.70. The zero-order chi connectivity index (χ0) is 11.4. The van der Waals surface area contributed by atoms with E-state index < -0.39 is 0 Å². The third-order valence-electron chi connectivity index (χ3n) is 2.14. The Kier molecular flexibility index (Phi) is 3.10. The molecule has 0 aliphatic carbocycles. The van der Waals surface area contributed by atoms with Crippen molar-refractivity contribution in [3.63, 3.8) is 0 Å². The highest BCUT2D eigenvalue weighted by atomic mass is 16.5. The van der Waals surface area contributed by atoms with E-state index in [1.165, 1.54) is 0 Å². The topological polar surface area (TPSA) is 61.3 Å². The Balaban J connectivity index is 2.13. The van der Waals surface area contributed by atoms with E-state index in [1.807, 2.05) is 24.3 Å². The lowest BCUT2D eigenvalue weighted by Crippen LogP contribution is -1.94. The number of hydrogen-bond acceptors (Lipinski definition) is 4. The van der Waals surface area contributed by atoms with Crippen LogP contribution in [0.25, 0.3) is 11.3 Å². The fourth-order valence-electron chi connectivity index (χ4n) is 1.36. The van der Waals surface area contributed by atoms with Crippen LogP contribution < -0.4 is 10.5 Å². The molecule has 0 unspecified atom stereocenters. The van der Waals surface area contributed by atoms with Gasteiger partial charge in [-0.25, -0.2) is 0 Å². The average Bonchev–Trinajstić information content (AvgIpc) is 2.74. The molecule has 0 atom stereocenters. The van der Waals surface area contributed by atoms with E-state index in [9.17, 15) is 0 Å². The summed E-state index contributed by atoms with van der Waals surface area (Å²) in [7, 11) is 0. The Morgan fingerprint density at radius 3 is 2.62 bits per heavy atom. The molecule has 0 aliphatic rings. The summed E-state index contributed by atoms with van der Waals surface area (Å²) in [4.78, 5) is 0. The third kappa shape index (κ3) is 2.34. The number of aromatic nitrogens is 1. The maximum Gasteiger partial charge on any atom is 0.169 e. The molecule has 0 amide bonds. The van der Waals surface area contributed by atoms with Crippen molar-refractivity contribution in [2.75, 3.05) is 12.3 Å². The van der Waals surface area contributed by atoms with Gasteiger partial charge < -0.3 is 15.0 Å².